The molecular formula is C9H10N4O6. The first-order valence-corrected chi connectivity index (χ1v) is 4.84. The van der Waals surface area contributed by atoms with Crippen LogP contribution in [0.2, 0.25) is 0 Å². The molecule has 0 aliphatic heterocycles. The molecule has 0 aromatic heterocycles. The van der Waals surface area contributed by atoms with Gasteiger partial charge in [0.25, 0.3) is 0 Å². The monoisotopic (exact) mass is 270 g/mol. The van der Waals surface area contributed by atoms with Crippen molar-refractivity contribution in [3.05, 3.63) is 56.1 Å². The van der Waals surface area contributed by atoms with Crippen molar-refractivity contribution >= 4 is 5.97 Å². The molecule has 0 spiro atoms. The quantitative estimate of drug-likeness (QED) is 0.349. The summed E-state index contributed by atoms with van der Waals surface area (Å²) >= 11 is 0. The number of nitrogens with zero attached hydrogens (tertiary/aromatic N) is 2. The summed E-state index contributed by atoms with van der Waals surface area (Å²) in [6.45, 7) is 0. The molecule has 0 bridgehead atoms. The SMILES string of the molecule is NC(N)(C(=O)O)C(c1ccccc1)([N+](=O)[O-])[N+](=O)[O-]. The van der Waals surface area contributed by atoms with Crippen molar-refractivity contribution < 1.29 is 19.7 Å². The summed E-state index contributed by atoms with van der Waals surface area (Å²) in [5.41, 5.74) is 3.20. The standard InChI is InChI=1S/C9H10N4O6/c10-8(11,7(14)15)9(12(16)17,13(18)19)6-4-2-1-3-5-6/h1-5H,10-11H2,(H,14,15). The van der Waals surface area contributed by atoms with Crippen molar-refractivity contribution in [3.63, 3.8) is 0 Å². The molecule has 0 aliphatic carbocycles. The van der Waals surface area contributed by atoms with E-state index >= 15 is 0 Å². The van der Waals surface area contributed by atoms with Crippen LogP contribution < -0.4 is 11.5 Å². The van der Waals surface area contributed by atoms with Gasteiger partial charge in [0.05, 0.1) is 0 Å². The number of aliphatic carboxylic acids is 1. The van der Waals surface area contributed by atoms with Crippen molar-refractivity contribution in [3.8, 4) is 0 Å². The molecule has 0 saturated carbocycles. The highest BCUT2D eigenvalue weighted by Crippen LogP contribution is 2.33. The molecule has 102 valence electrons. The lowest BCUT2D eigenvalue weighted by molar-refractivity contribution is -0.818. The molecule has 10 heteroatoms. The van der Waals surface area contributed by atoms with Crippen LogP contribution in [0.1, 0.15) is 5.56 Å². The van der Waals surface area contributed by atoms with Crippen molar-refractivity contribution in [1.29, 1.82) is 0 Å². The highest BCUT2D eigenvalue weighted by atomic mass is 16.7. The first kappa shape index (κ1) is 14.5. The molecule has 0 radical (unpaired) electrons. The fourth-order valence-corrected chi connectivity index (χ4v) is 1.64. The van der Waals surface area contributed by atoms with Gasteiger partial charge in [0, 0.05) is 0 Å². The molecule has 0 unspecified atom stereocenters. The van der Waals surface area contributed by atoms with Gasteiger partial charge in [0.1, 0.15) is 15.4 Å². The number of benzene rings is 1. The Hall–Kier alpha value is -2.59. The summed E-state index contributed by atoms with van der Waals surface area (Å²) in [5, 5.41) is 31.2. The number of carbonyl (C=O) groups is 1. The van der Waals surface area contributed by atoms with Crippen LogP contribution in [-0.2, 0) is 10.5 Å². The third-order valence-corrected chi connectivity index (χ3v) is 2.64. The zero-order chi connectivity index (χ0) is 14.8. The average Bonchev–Trinajstić information content (AvgIpc) is 2.29. The smallest absolute Gasteiger partial charge is 0.478 e. The van der Waals surface area contributed by atoms with Gasteiger partial charge in [-0.25, -0.2) is 4.79 Å². The number of nitrogens with two attached hydrogens (primary N) is 2. The van der Waals surface area contributed by atoms with Crippen LogP contribution in [0.15, 0.2) is 30.3 Å². The van der Waals surface area contributed by atoms with E-state index in [1.165, 1.54) is 18.2 Å². The summed E-state index contributed by atoms with van der Waals surface area (Å²) in [4.78, 5) is 30.5. The van der Waals surface area contributed by atoms with E-state index in [9.17, 15) is 25.0 Å². The number of carboxylic acid groups (broad SMARTS) is 1. The molecule has 0 fully saturated rings. The van der Waals surface area contributed by atoms with Crippen molar-refractivity contribution in [1.82, 2.24) is 0 Å². The van der Waals surface area contributed by atoms with E-state index in [2.05, 4.69) is 0 Å². The topological polar surface area (TPSA) is 176 Å². The molecule has 0 aliphatic rings. The number of hydrogen-bond donors (Lipinski definition) is 3. The molecule has 19 heavy (non-hydrogen) atoms. The molecule has 0 amide bonds. The Morgan fingerprint density at radius 1 is 1.11 bits per heavy atom. The maximum absolute atomic E-state index is 11.2. The fraction of sp³-hybridized carbons (Fsp3) is 0.222. The number of rotatable bonds is 5. The van der Waals surface area contributed by atoms with E-state index in [-0.39, 0.29) is 0 Å². The molecule has 1 rings (SSSR count). The second-order valence-corrected chi connectivity index (χ2v) is 3.73. The molecule has 5 N–H and O–H groups in total. The zero-order valence-corrected chi connectivity index (χ0v) is 9.42. The van der Waals surface area contributed by atoms with E-state index in [0.29, 0.717) is 0 Å². The van der Waals surface area contributed by atoms with Gasteiger partial charge in [-0.2, -0.15) is 0 Å². The second kappa shape index (κ2) is 4.59. The van der Waals surface area contributed by atoms with E-state index in [1.54, 1.807) is 0 Å². The third-order valence-electron chi connectivity index (χ3n) is 2.64. The Balaban J connectivity index is 3.73. The van der Waals surface area contributed by atoms with E-state index in [4.69, 9.17) is 16.6 Å². The van der Waals surface area contributed by atoms with E-state index in [1.807, 2.05) is 0 Å². The maximum Gasteiger partial charge on any atom is 0.524 e. The molecule has 1 aromatic rings. The van der Waals surface area contributed by atoms with Crippen LogP contribution in [0.4, 0.5) is 0 Å². The molecule has 0 atom stereocenters. The predicted octanol–water partition coefficient (Wildman–Crippen LogP) is -0.909. The van der Waals surface area contributed by atoms with Gasteiger partial charge in [-0.1, -0.05) is 18.2 Å². The summed E-state index contributed by atoms with van der Waals surface area (Å²) < 4.78 is 0. The van der Waals surface area contributed by atoms with Gasteiger partial charge in [-0.15, -0.1) is 0 Å². The summed E-state index contributed by atoms with van der Waals surface area (Å²) in [5.74, 6) is -2.07. The van der Waals surface area contributed by atoms with E-state index < -0.39 is 32.7 Å². The minimum Gasteiger partial charge on any atom is -0.478 e. The van der Waals surface area contributed by atoms with Crippen molar-refractivity contribution in [2.24, 2.45) is 11.5 Å². The molecule has 0 heterocycles. The van der Waals surface area contributed by atoms with Crippen LogP contribution in [0.5, 0.6) is 0 Å². The Kier molecular flexibility index (Phi) is 3.49. The Morgan fingerprint density at radius 3 is 1.84 bits per heavy atom. The van der Waals surface area contributed by atoms with Gasteiger partial charge in [0.2, 0.25) is 0 Å². The van der Waals surface area contributed by atoms with Crippen LogP contribution in [0.25, 0.3) is 0 Å². The molecule has 10 nitrogen and oxygen atoms in total. The van der Waals surface area contributed by atoms with Gasteiger partial charge in [-0.3, -0.25) is 31.7 Å². The predicted molar refractivity (Wildman–Crippen MR) is 60.9 cm³/mol. The summed E-state index contributed by atoms with van der Waals surface area (Å²) in [6, 6.07) is 6.03. The van der Waals surface area contributed by atoms with E-state index in [0.717, 1.165) is 12.1 Å². The Bertz CT molecular complexity index is 515. The van der Waals surface area contributed by atoms with Crippen molar-refractivity contribution in [2.45, 2.75) is 11.3 Å². The molecule has 1 aromatic carbocycles. The summed E-state index contributed by atoms with van der Waals surface area (Å²) in [7, 11) is 0. The van der Waals surface area contributed by atoms with Crippen LogP contribution >= 0.6 is 0 Å². The van der Waals surface area contributed by atoms with Crippen molar-refractivity contribution in [2.75, 3.05) is 0 Å². The number of hydrogen-bond acceptors (Lipinski definition) is 7. The third kappa shape index (κ3) is 1.88. The fourth-order valence-electron chi connectivity index (χ4n) is 1.64. The van der Waals surface area contributed by atoms with Crippen LogP contribution in [0, 0.1) is 20.2 Å². The maximum atomic E-state index is 11.2. The average molecular weight is 270 g/mol. The molecular weight excluding hydrogens is 260 g/mol. The first-order valence-electron chi connectivity index (χ1n) is 4.84. The lowest BCUT2D eigenvalue weighted by atomic mass is 9.87. The minimum absolute atomic E-state index is 0.530. The van der Waals surface area contributed by atoms with Gasteiger partial charge >= 0.3 is 17.3 Å². The normalized spacial score (nSPS) is 11.9. The number of nitro groups is 2. The van der Waals surface area contributed by atoms with Gasteiger partial charge in [-0.05, 0) is 12.1 Å². The zero-order valence-electron chi connectivity index (χ0n) is 9.42. The summed E-state index contributed by atoms with van der Waals surface area (Å²) in [6.07, 6.45) is 0. The highest BCUT2D eigenvalue weighted by molar-refractivity contribution is 5.79. The lowest BCUT2D eigenvalue weighted by Crippen LogP contribution is -2.75. The largest absolute Gasteiger partial charge is 0.524 e. The van der Waals surface area contributed by atoms with Crippen LogP contribution in [-0.4, -0.2) is 26.6 Å². The van der Waals surface area contributed by atoms with Gasteiger partial charge < -0.3 is 5.11 Å². The van der Waals surface area contributed by atoms with Gasteiger partial charge in [0.15, 0.2) is 0 Å². The lowest BCUT2D eigenvalue weighted by Gasteiger charge is -2.27. The second-order valence-electron chi connectivity index (χ2n) is 3.73. The Labute approximate surface area is 105 Å². The van der Waals surface area contributed by atoms with Crippen LogP contribution in [0.3, 0.4) is 0 Å². The minimum atomic E-state index is -3.39. The Morgan fingerprint density at radius 2 is 1.53 bits per heavy atom. The highest BCUT2D eigenvalue weighted by Gasteiger charge is 2.75. The number of carboxylic acids is 1. The first-order chi connectivity index (χ1) is 8.69. The molecule has 0 saturated heterocycles.